The molecule has 0 aromatic heterocycles. The molecule has 1 saturated heterocycles. The summed E-state index contributed by atoms with van der Waals surface area (Å²) in [7, 11) is 4.57. The fraction of sp³-hybridized carbons (Fsp3) is 1.00. The molecule has 0 spiro atoms. The summed E-state index contributed by atoms with van der Waals surface area (Å²) in [6.07, 6.45) is 5.51. The van der Waals surface area contributed by atoms with E-state index in [2.05, 4.69) is 43.1 Å². The van der Waals surface area contributed by atoms with E-state index in [1.165, 1.54) is 45.3 Å². The van der Waals surface area contributed by atoms with Crippen molar-refractivity contribution in [1.82, 2.24) is 15.1 Å². The molecule has 1 N–H and O–H groups in total. The Hall–Kier alpha value is -0.120. The number of hydrogen-bond donors (Lipinski definition) is 1. The molecule has 18 heavy (non-hydrogen) atoms. The summed E-state index contributed by atoms with van der Waals surface area (Å²) in [6, 6.07) is 2.26. The highest BCUT2D eigenvalue weighted by Crippen LogP contribution is 2.21. The van der Waals surface area contributed by atoms with Crippen LogP contribution in [0.5, 0.6) is 0 Å². The predicted molar refractivity (Wildman–Crippen MR) is 77.9 cm³/mol. The van der Waals surface area contributed by atoms with Crippen LogP contribution in [0.15, 0.2) is 0 Å². The zero-order valence-electron chi connectivity index (χ0n) is 12.7. The molecule has 3 unspecified atom stereocenters. The smallest absolute Gasteiger partial charge is 0.0223 e. The van der Waals surface area contributed by atoms with E-state index in [0.717, 1.165) is 18.0 Å². The molecule has 0 amide bonds. The monoisotopic (exact) mass is 253 g/mol. The number of likely N-dealkylation sites (tertiary alicyclic amines) is 1. The Morgan fingerprint density at radius 3 is 2.61 bits per heavy atom. The largest absolute Gasteiger partial charge is 0.314 e. The molecule has 2 aliphatic rings. The summed E-state index contributed by atoms with van der Waals surface area (Å²) >= 11 is 0. The lowest BCUT2D eigenvalue weighted by molar-refractivity contribution is 0.0828. The lowest BCUT2D eigenvalue weighted by atomic mass is 9.97. The zero-order valence-corrected chi connectivity index (χ0v) is 12.7. The third-order valence-electron chi connectivity index (χ3n) is 4.95. The van der Waals surface area contributed by atoms with Gasteiger partial charge < -0.3 is 10.2 Å². The first-order valence-electron chi connectivity index (χ1n) is 7.71. The van der Waals surface area contributed by atoms with Crippen LogP contribution in [0.1, 0.15) is 39.5 Å². The van der Waals surface area contributed by atoms with Crippen LogP contribution < -0.4 is 5.32 Å². The van der Waals surface area contributed by atoms with Gasteiger partial charge in [-0.15, -0.1) is 0 Å². The van der Waals surface area contributed by atoms with Crippen molar-refractivity contribution in [3.05, 3.63) is 0 Å². The zero-order chi connectivity index (χ0) is 13.1. The standard InChI is InChI=1S/C15H31N3/c1-12(10-16-14-7-8-14)13(2)18(4)15-6-5-9-17(3)11-15/h12-16H,5-11H2,1-4H3. The lowest BCUT2D eigenvalue weighted by Crippen LogP contribution is -2.50. The minimum atomic E-state index is 0.674. The van der Waals surface area contributed by atoms with Gasteiger partial charge in [-0.1, -0.05) is 6.92 Å². The van der Waals surface area contributed by atoms with Crippen molar-refractivity contribution in [3.63, 3.8) is 0 Å². The molecule has 1 saturated carbocycles. The molecule has 2 rings (SSSR count). The molecule has 3 nitrogen and oxygen atoms in total. The SMILES string of the molecule is CC(CNC1CC1)C(C)N(C)C1CCCN(C)C1. The molecular formula is C15H31N3. The van der Waals surface area contributed by atoms with Crippen molar-refractivity contribution in [1.29, 1.82) is 0 Å². The molecular weight excluding hydrogens is 222 g/mol. The van der Waals surface area contributed by atoms with E-state index >= 15 is 0 Å². The van der Waals surface area contributed by atoms with E-state index in [1.807, 2.05) is 0 Å². The Kier molecular flexibility index (Phi) is 5.05. The maximum Gasteiger partial charge on any atom is 0.0223 e. The van der Waals surface area contributed by atoms with Gasteiger partial charge in [0.1, 0.15) is 0 Å². The van der Waals surface area contributed by atoms with Gasteiger partial charge in [-0.2, -0.15) is 0 Å². The number of piperidine rings is 1. The summed E-state index contributed by atoms with van der Waals surface area (Å²) in [5, 5.41) is 3.67. The number of rotatable bonds is 6. The number of nitrogens with one attached hydrogen (secondary N) is 1. The van der Waals surface area contributed by atoms with Crippen LogP contribution in [0, 0.1) is 5.92 Å². The van der Waals surface area contributed by atoms with Crippen molar-refractivity contribution < 1.29 is 0 Å². The highest BCUT2D eigenvalue weighted by molar-refractivity contribution is 4.86. The molecule has 106 valence electrons. The topological polar surface area (TPSA) is 18.5 Å². The van der Waals surface area contributed by atoms with Gasteiger partial charge in [-0.05, 0) is 65.7 Å². The second-order valence-corrected chi connectivity index (χ2v) is 6.62. The molecule has 0 aromatic carbocycles. The Labute approximate surface area is 113 Å². The van der Waals surface area contributed by atoms with E-state index in [1.54, 1.807) is 0 Å². The van der Waals surface area contributed by atoms with Gasteiger partial charge in [0.15, 0.2) is 0 Å². The van der Waals surface area contributed by atoms with Gasteiger partial charge in [-0.25, -0.2) is 0 Å². The number of likely N-dealkylation sites (N-methyl/N-ethyl adjacent to an activating group) is 2. The Morgan fingerprint density at radius 1 is 1.28 bits per heavy atom. The molecule has 1 heterocycles. The second-order valence-electron chi connectivity index (χ2n) is 6.62. The molecule has 0 aromatic rings. The minimum Gasteiger partial charge on any atom is -0.314 e. The van der Waals surface area contributed by atoms with E-state index in [9.17, 15) is 0 Å². The van der Waals surface area contributed by atoms with Gasteiger partial charge in [0.25, 0.3) is 0 Å². The first kappa shape index (κ1) is 14.3. The lowest BCUT2D eigenvalue weighted by Gasteiger charge is -2.41. The molecule has 1 aliphatic carbocycles. The highest BCUT2D eigenvalue weighted by atomic mass is 15.2. The van der Waals surface area contributed by atoms with Crippen LogP contribution in [0.25, 0.3) is 0 Å². The normalized spacial score (nSPS) is 29.5. The summed E-state index contributed by atoms with van der Waals surface area (Å²) in [4.78, 5) is 5.10. The molecule has 2 fully saturated rings. The summed E-state index contributed by atoms with van der Waals surface area (Å²) in [5.74, 6) is 0.739. The predicted octanol–water partition coefficient (Wildman–Crippen LogP) is 1.79. The van der Waals surface area contributed by atoms with Crippen molar-refractivity contribution in [2.45, 2.75) is 57.7 Å². The Bertz CT molecular complexity index is 252. The second kappa shape index (κ2) is 6.36. The fourth-order valence-corrected chi connectivity index (χ4v) is 3.02. The van der Waals surface area contributed by atoms with E-state index in [4.69, 9.17) is 0 Å². The van der Waals surface area contributed by atoms with Crippen LogP contribution in [0.3, 0.4) is 0 Å². The van der Waals surface area contributed by atoms with Gasteiger partial charge in [0, 0.05) is 24.7 Å². The number of hydrogen-bond acceptors (Lipinski definition) is 3. The Balaban J connectivity index is 1.76. The van der Waals surface area contributed by atoms with E-state index in [-0.39, 0.29) is 0 Å². The minimum absolute atomic E-state index is 0.674. The molecule has 0 bridgehead atoms. The first-order valence-corrected chi connectivity index (χ1v) is 7.71. The molecule has 0 radical (unpaired) electrons. The van der Waals surface area contributed by atoms with Crippen molar-refractivity contribution in [2.24, 2.45) is 5.92 Å². The quantitative estimate of drug-likeness (QED) is 0.778. The Morgan fingerprint density at radius 2 is 2.00 bits per heavy atom. The third kappa shape index (κ3) is 3.94. The van der Waals surface area contributed by atoms with Gasteiger partial charge >= 0.3 is 0 Å². The fourth-order valence-electron chi connectivity index (χ4n) is 3.02. The van der Waals surface area contributed by atoms with Crippen molar-refractivity contribution >= 4 is 0 Å². The first-order chi connectivity index (χ1) is 8.58. The van der Waals surface area contributed by atoms with Crippen molar-refractivity contribution in [3.8, 4) is 0 Å². The van der Waals surface area contributed by atoms with Crippen LogP contribution in [-0.2, 0) is 0 Å². The molecule has 3 heteroatoms. The number of nitrogens with zero attached hydrogens (tertiary/aromatic N) is 2. The average molecular weight is 253 g/mol. The maximum atomic E-state index is 3.67. The molecule has 3 atom stereocenters. The summed E-state index contributed by atoms with van der Waals surface area (Å²) in [5.41, 5.74) is 0. The maximum absolute atomic E-state index is 3.67. The van der Waals surface area contributed by atoms with Gasteiger partial charge in [0.05, 0.1) is 0 Å². The highest BCUT2D eigenvalue weighted by Gasteiger charge is 2.28. The van der Waals surface area contributed by atoms with E-state index < -0.39 is 0 Å². The van der Waals surface area contributed by atoms with Crippen LogP contribution in [0.4, 0.5) is 0 Å². The van der Waals surface area contributed by atoms with Crippen LogP contribution in [-0.4, -0.2) is 61.7 Å². The van der Waals surface area contributed by atoms with E-state index in [0.29, 0.717) is 6.04 Å². The third-order valence-corrected chi connectivity index (χ3v) is 4.95. The van der Waals surface area contributed by atoms with Crippen LogP contribution >= 0.6 is 0 Å². The summed E-state index contributed by atoms with van der Waals surface area (Å²) < 4.78 is 0. The van der Waals surface area contributed by atoms with Gasteiger partial charge in [0.2, 0.25) is 0 Å². The van der Waals surface area contributed by atoms with Gasteiger partial charge in [-0.3, -0.25) is 4.90 Å². The van der Waals surface area contributed by atoms with Crippen LogP contribution in [0.2, 0.25) is 0 Å². The molecule has 1 aliphatic heterocycles. The summed E-state index contributed by atoms with van der Waals surface area (Å²) in [6.45, 7) is 8.48. The average Bonchev–Trinajstić information content (AvgIpc) is 3.18. The van der Waals surface area contributed by atoms with Crippen molar-refractivity contribution in [2.75, 3.05) is 33.7 Å².